The number of carbonyl (C=O) groups is 2. The van der Waals surface area contributed by atoms with Crippen LogP contribution >= 0.6 is 7.82 Å². The third-order valence-electron chi connectivity index (χ3n) is 8.39. The van der Waals surface area contributed by atoms with E-state index in [0.717, 1.165) is 38.5 Å². The molecule has 0 rings (SSSR count). The van der Waals surface area contributed by atoms with Gasteiger partial charge in [-0.05, 0) is 12.8 Å². The van der Waals surface area contributed by atoms with Crippen LogP contribution in [0.3, 0.4) is 0 Å². The largest absolute Gasteiger partial charge is 0.480 e. The Balaban J connectivity index is 4.28. The highest BCUT2D eigenvalue weighted by atomic mass is 31.2. The number of ether oxygens (including phenoxy) is 2. The van der Waals surface area contributed by atoms with Crippen LogP contribution < -0.4 is 5.73 Å². The van der Waals surface area contributed by atoms with Crippen molar-refractivity contribution in [2.75, 3.05) is 26.4 Å². The number of unbranched alkanes of at least 4 members (excludes halogenated alkanes) is 23. The van der Waals surface area contributed by atoms with E-state index in [1.54, 1.807) is 0 Å². The zero-order chi connectivity index (χ0) is 34.9. The standard InChI is InChI=1S/C36H72NO9P/c1-3-5-7-9-11-13-15-17-18-20-22-24-26-28-35(38)46-33(31-44-47(41,42)45-32-34(37)36(39)40)30-43-29-27-25-23-21-19-16-14-12-10-8-6-4-2/h33-34H,3-32,37H2,1-2H3,(H,39,40)(H,41,42)/t33-,34+/m1/s1. The van der Waals surface area contributed by atoms with Gasteiger partial charge in [-0.15, -0.1) is 0 Å². The van der Waals surface area contributed by atoms with Crippen LogP contribution in [0.1, 0.15) is 181 Å². The number of phosphoric ester groups is 1. The minimum absolute atomic E-state index is 0.0248. The van der Waals surface area contributed by atoms with Crippen LogP contribution in [0.2, 0.25) is 0 Å². The van der Waals surface area contributed by atoms with Crippen LogP contribution in [0.5, 0.6) is 0 Å². The number of aliphatic carboxylic acids is 1. The van der Waals surface area contributed by atoms with Gasteiger partial charge in [0.25, 0.3) is 0 Å². The highest BCUT2D eigenvalue weighted by Crippen LogP contribution is 2.43. The monoisotopic (exact) mass is 693 g/mol. The molecule has 0 aromatic carbocycles. The summed E-state index contributed by atoms with van der Waals surface area (Å²) in [6.07, 6.45) is 30.0. The van der Waals surface area contributed by atoms with Crippen LogP contribution in [-0.4, -0.2) is 60.5 Å². The van der Waals surface area contributed by atoms with Crippen LogP contribution in [0, 0.1) is 0 Å². The second-order valence-corrected chi connectivity index (χ2v) is 14.5. The van der Waals surface area contributed by atoms with E-state index in [1.165, 1.54) is 122 Å². The smallest absolute Gasteiger partial charge is 0.472 e. The van der Waals surface area contributed by atoms with E-state index < -0.39 is 45.1 Å². The van der Waals surface area contributed by atoms with E-state index in [4.69, 9.17) is 24.8 Å². The van der Waals surface area contributed by atoms with Gasteiger partial charge in [-0.3, -0.25) is 18.6 Å². The summed E-state index contributed by atoms with van der Waals surface area (Å²) < 4.78 is 33.2. The molecule has 0 aromatic rings. The van der Waals surface area contributed by atoms with E-state index in [9.17, 15) is 19.0 Å². The Labute approximate surface area is 287 Å². The molecule has 0 radical (unpaired) electrons. The number of carboxylic acids is 1. The summed E-state index contributed by atoms with van der Waals surface area (Å²) in [4.78, 5) is 33.3. The maximum absolute atomic E-state index is 12.5. The van der Waals surface area contributed by atoms with Crippen molar-refractivity contribution in [1.82, 2.24) is 0 Å². The lowest BCUT2D eigenvalue weighted by atomic mass is 10.0. The van der Waals surface area contributed by atoms with E-state index in [1.807, 2.05) is 0 Å². The lowest BCUT2D eigenvalue weighted by Crippen LogP contribution is -2.34. The summed E-state index contributed by atoms with van der Waals surface area (Å²) >= 11 is 0. The molecule has 0 aliphatic carbocycles. The summed E-state index contributed by atoms with van der Waals surface area (Å²) in [5.74, 6) is -1.77. The number of hydrogen-bond donors (Lipinski definition) is 3. The second kappa shape index (κ2) is 33.5. The molecule has 10 nitrogen and oxygen atoms in total. The summed E-state index contributed by atoms with van der Waals surface area (Å²) in [5, 5.41) is 8.85. The van der Waals surface area contributed by atoms with Gasteiger partial charge in [0.05, 0.1) is 19.8 Å². The number of esters is 1. The number of nitrogens with two attached hydrogens (primary N) is 1. The minimum atomic E-state index is -4.60. The predicted molar refractivity (Wildman–Crippen MR) is 189 cm³/mol. The van der Waals surface area contributed by atoms with Crippen molar-refractivity contribution >= 4 is 19.8 Å². The van der Waals surface area contributed by atoms with Gasteiger partial charge in [0.15, 0.2) is 0 Å². The fourth-order valence-electron chi connectivity index (χ4n) is 5.37. The highest BCUT2D eigenvalue weighted by Gasteiger charge is 2.27. The van der Waals surface area contributed by atoms with Gasteiger partial charge in [0, 0.05) is 13.0 Å². The molecule has 4 N–H and O–H groups in total. The Morgan fingerprint density at radius 1 is 0.596 bits per heavy atom. The van der Waals surface area contributed by atoms with Crippen LogP contribution in [0.25, 0.3) is 0 Å². The third-order valence-corrected chi connectivity index (χ3v) is 9.34. The lowest BCUT2D eigenvalue weighted by Gasteiger charge is -2.20. The number of rotatable bonds is 37. The van der Waals surface area contributed by atoms with Gasteiger partial charge < -0.3 is 25.2 Å². The first kappa shape index (κ1) is 46.0. The molecule has 0 amide bonds. The van der Waals surface area contributed by atoms with Gasteiger partial charge in [-0.25, -0.2) is 4.57 Å². The first-order valence-corrected chi connectivity index (χ1v) is 20.6. The Hall–Kier alpha value is -1.03. The first-order valence-electron chi connectivity index (χ1n) is 19.1. The molecule has 0 saturated heterocycles. The van der Waals surface area contributed by atoms with E-state index in [2.05, 4.69) is 18.4 Å². The lowest BCUT2D eigenvalue weighted by molar-refractivity contribution is -0.154. The maximum Gasteiger partial charge on any atom is 0.472 e. The third kappa shape index (κ3) is 33.3. The summed E-state index contributed by atoms with van der Waals surface area (Å²) in [6.45, 7) is 3.89. The SMILES string of the molecule is CCCCCCCCCCCCCCCC(=O)O[C@H](COCCCCCCCCCCCCCC)COP(=O)(O)OC[C@H](N)C(=O)O. The van der Waals surface area contributed by atoms with Crippen molar-refractivity contribution in [3.8, 4) is 0 Å². The highest BCUT2D eigenvalue weighted by molar-refractivity contribution is 7.47. The fraction of sp³-hybridized carbons (Fsp3) is 0.944. The molecule has 0 spiro atoms. The molecule has 3 atom stereocenters. The molecule has 0 saturated carbocycles. The molecule has 0 aromatic heterocycles. The average Bonchev–Trinajstić information content (AvgIpc) is 3.04. The molecule has 0 heterocycles. The van der Waals surface area contributed by atoms with Crippen molar-refractivity contribution in [3.63, 3.8) is 0 Å². The Kier molecular flexibility index (Phi) is 32.7. The topological polar surface area (TPSA) is 155 Å². The van der Waals surface area contributed by atoms with Crippen molar-refractivity contribution in [1.29, 1.82) is 0 Å². The summed E-state index contributed by atoms with van der Waals surface area (Å²) in [7, 11) is -4.60. The molecule has 1 unspecified atom stereocenters. The van der Waals surface area contributed by atoms with Crippen LogP contribution in [-0.2, 0) is 32.7 Å². The number of carbonyl (C=O) groups excluding carboxylic acids is 1. The number of carboxylic acid groups (broad SMARTS) is 1. The number of hydrogen-bond acceptors (Lipinski definition) is 8. The molecular weight excluding hydrogens is 621 g/mol. The molecule has 0 bridgehead atoms. The van der Waals surface area contributed by atoms with Gasteiger partial charge in [0.1, 0.15) is 12.1 Å². The van der Waals surface area contributed by atoms with Crippen LogP contribution in [0.4, 0.5) is 0 Å². The Morgan fingerprint density at radius 2 is 0.979 bits per heavy atom. The first-order chi connectivity index (χ1) is 22.7. The Morgan fingerprint density at radius 3 is 1.40 bits per heavy atom. The zero-order valence-electron chi connectivity index (χ0n) is 30.1. The van der Waals surface area contributed by atoms with Crippen LogP contribution in [0.15, 0.2) is 0 Å². The summed E-state index contributed by atoms with van der Waals surface area (Å²) in [6, 6.07) is -1.47. The van der Waals surface area contributed by atoms with Gasteiger partial charge >= 0.3 is 19.8 Å². The molecule has 280 valence electrons. The predicted octanol–water partition coefficient (Wildman–Crippen LogP) is 9.64. The van der Waals surface area contributed by atoms with Crippen molar-refractivity contribution < 1.29 is 42.7 Å². The number of phosphoric acid groups is 1. The molecule has 0 aliphatic heterocycles. The quantitative estimate of drug-likeness (QED) is 0.0325. The molecule has 0 aliphatic rings. The average molecular weight is 694 g/mol. The maximum atomic E-state index is 12.5. The van der Waals surface area contributed by atoms with Gasteiger partial charge in [-0.1, -0.05) is 162 Å². The van der Waals surface area contributed by atoms with E-state index >= 15 is 0 Å². The second-order valence-electron chi connectivity index (χ2n) is 13.1. The van der Waals surface area contributed by atoms with Crippen molar-refractivity contribution in [2.45, 2.75) is 193 Å². The molecule has 11 heteroatoms. The zero-order valence-corrected chi connectivity index (χ0v) is 31.0. The van der Waals surface area contributed by atoms with Gasteiger partial charge in [0.2, 0.25) is 0 Å². The molecular formula is C36H72NO9P. The van der Waals surface area contributed by atoms with E-state index in [0.29, 0.717) is 6.61 Å². The molecule has 47 heavy (non-hydrogen) atoms. The van der Waals surface area contributed by atoms with Crippen molar-refractivity contribution in [3.05, 3.63) is 0 Å². The Bertz CT molecular complexity index is 771. The minimum Gasteiger partial charge on any atom is -0.480 e. The molecule has 0 fully saturated rings. The van der Waals surface area contributed by atoms with Crippen molar-refractivity contribution in [2.24, 2.45) is 5.73 Å². The van der Waals surface area contributed by atoms with E-state index in [-0.39, 0.29) is 13.0 Å². The fourth-order valence-corrected chi connectivity index (χ4v) is 6.15. The van der Waals surface area contributed by atoms with Gasteiger partial charge in [-0.2, -0.15) is 0 Å². The summed E-state index contributed by atoms with van der Waals surface area (Å²) in [5.41, 5.74) is 5.33. The normalized spacial score (nSPS) is 14.1.